The highest BCUT2D eigenvalue weighted by Crippen LogP contribution is 2.24. The van der Waals surface area contributed by atoms with Gasteiger partial charge in [-0.1, -0.05) is 17.7 Å². The van der Waals surface area contributed by atoms with Crippen molar-refractivity contribution in [3.8, 4) is 0 Å². The molecule has 0 spiro atoms. The zero-order chi connectivity index (χ0) is 15.6. The summed E-state index contributed by atoms with van der Waals surface area (Å²) in [6.45, 7) is 3.70. The van der Waals surface area contributed by atoms with Crippen LogP contribution >= 0.6 is 11.6 Å². The van der Waals surface area contributed by atoms with E-state index in [1.807, 2.05) is 18.2 Å². The highest BCUT2D eigenvalue weighted by atomic mass is 35.5. The Morgan fingerprint density at radius 3 is 2.61 bits per heavy atom. The first-order valence-corrected chi connectivity index (χ1v) is 8.37. The number of nitrogens with zero attached hydrogens (tertiary/aromatic N) is 5. The molecular weight excluding hydrogens is 312 g/mol. The Morgan fingerprint density at radius 1 is 1.09 bits per heavy atom. The summed E-state index contributed by atoms with van der Waals surface area (Å²) in [5.41, 5.74) is 1.18. The molecule has 2 aromatic rings. The molecule has 1 aliphatic carbocycles. The van der Waals surface area contributed by atoms with Crippen LogP contribution in [0.3, 0.4) is 0 Å². The van der Waals surface area contributed by atoms with Crippen LogP contribution in [0.1, 0.15) is 12.8 Å². The summed E-state index contributed by atoms with van der Waals surface area (Å²) in [6, 6.07) is 8.55. The van der Waals surface area contributed by atoms with Gasteiger partial charge in [0.2, 0.25) is 5.95 Å². The molecule has 4 rings (SSSR count). The summed E-state index contributed by atoms with van der Waals surface area (Å²) in [7, 11) is 0. The molecule has 6 nitrogen and oxygen atoms in total. The van der Waals surface area contributed by atoms with Gasteiger partial charge in [0, 0.05) is 42.9 Å². The molecule has 1 aromatic carbocycles. The van der Waals surface area contributed by atoms with Gasteiger partial charge in [-0.25, -0.2) is 0 Å². The van der Waals surface area contributed by atoms with E-state index in [2.05, 4.69) is 36.4 Å². The molecule has 1 saturated carbocycles. The molecule has 1 aromatic heterocycles. The molecule has 1 aliphatic heterocycles. The normalized spacial score (nSPS) is 18.1. The van der Waals surface area contributed by atoms with Gasteiger partial charge >= 0.3 is 0 Å². The molecule has 0 radical (unpaired) electrons. The van der Waals surface area contributed by atoms with Gasteiger partial charge in [0.05, 0.1) is 6.20 Å². The maximum Gasteiger partial charge on any atom is 0.244 e. The number of piperazine rings is 1. The number of aromatic nitrogens is 3. The Hall–Kier alpha value is -2.08. The molecule has 0 amide bonds. The molecule has 2 fully saturated rings. The van der Waals surface area contributed by atoms with Crippen LogP contribution in [0.5, 0.6) is 0 Å². The molecule has 120 valence electrons. The van der Waals surface area contributed by atoms with Gasteiger partial charge < -0.3 is 15.1 Å². The lowest BCUT2D eigenvalue weighted by atomic mass is 10.2. The van der Waals surface area contributed by atoms with Crippen LogP contribution < -0.4 is 15.1 Å². The summed E-state index contributed by atoms with van der Waals surface area (Å²) in [4.78, 5) is 9.20. The first-order valence-electron chi connectivity index (χ1n) is 8.00. The third kappa shape index (κ3) is 3.47. The summed E-state index contributed by atoms with van der Waals surface area (Å²) < 4.78 is 0. The topological polar surface area (TPSA) is 57.2 Å². The molecule has 0 atom stereocenters. The second-order valence-electron chi connectivity index (χ2n) is 6.01. The van der Waals surface area contributed by atoms with Crippen LogP contribution in [0.25, 0.3) is 0 Å². The van der Waals surface area contributed by atoms with Gasteiger partial charge in [-0.3, -0.25) is 0 Å². The van der Waals surface area contributed by atoms with E-state index >= 15 is 0 Å². The summed E-state index contributed by atoms with van der Waals surface area (Å²) in [6.07, 6.45) is 4.14. The van der Waals surface area contributed by atoms with Crippen LogP contribution in [0.15, 0.2) is 30.5 Å². The van der Waals surface area contributed by atoms with Crippen LogP contribution in [0.4, 0.5) is 17.5 Å². The van der Waals surface area contributed by atoms with Crippen LogP contribution in [-0.4, -0.2) is 47.4 Å². The minimum Gasteiger partial charge on any atom is -0.368 e. The van der Waals surface area contributed by atoms with Gasteiger partial charge in [0.25, 0.3) is 0 Å². The number of halogens is 1. The highest BCUT2D eigenvalue weighted by Gasteiger charge is 2.23. The van der Waals surface area contributed by atoms with Crippen molar-refractivity contribution in [1.29, 1.82) is 0 Å². The Morgan fingerprint density at radius 2 is 1.87 bits per heavy atom. The van der Waals surface area contributed by atoms with Crippen molar-refractivity contribution in [2.24, 2.45) is 0 Å². The van der Waals surface area contributed by atoms with E-state index in [-0.39, 0.29) is 0 Å². The van der Waals surface area contributed by atoms with E-state index < -0.39 is 0 Å². The van der Waals surface area contributed by atoms with E-state index in [0.29, 0.717) is 12.0 Å². The number of hydrogen-bond acceptors (Lipinski definition) is 6. The fourth-order valence-electron chi connectivity index (χ4n) is 2.79. The van der Waals surface area contributed by atoms with Crippen molar-refractivity contribution < 1.29 is 0 Å². The van der Waals surface area contributed by atoms with E-state index in [4.69, 9.17) is 11.6 Å². The zero-order valence-corrected chi connectivity index (χ0v) is 13.6. The van der Waals surface area contributed by atoms with E-state index in [1.165, 1.54) is 18.5 Å². The number of benzene rings is 1. The molecule has 0 bridgehead atoms. The fourth-order valence-corrected chi connectivity index (χ4v) is 2.97. The highest BCUT2D eigenvalue weighted by molar-refractivity contribution is 6.30. The second-order valence-corrected chi connectivity index (χ2v) is 6.45. The molecule has 0 unspecified atom stereocenters. The largest absolute Gasteiger partial charge is 0.368 e. The molecular formula is C16H19ClN6. The number of hydrogen-bond donors (Lipinski definition) is 1. The van der Waals surface area contributed by atoms with E-state index in [0.717, 1.165) is 37.0 Å². The molecule has 2 heterocycles. The standard InChI is InChI=1S/C16H19ClN6/c17-12-2-1-3-14(10-12)22-6-8-23(9-7-22)15-11-18-21-16(20-15)19-13-4-5-13/h1-3,10-11,13H,4-9H2,(H,19,20,21). The zero-order valence-electron chi connectivity index (χ0n) is 12.8. The van der Waals surface area contributed by atoms with Crippen molar-refractivity contribution >= 4 is 29.1 Å². The number of anilines is 3. The first-order chi connectivity index (χ1) is 11.3. The molecule has 1 saturated heterocycles. The average Bonchev–Trinajstić information content (AvgIpc) is 3.39. The predicted molar refractivity (Wildman–Crippen MR) is 92.3 cm³/mol. The number of nitrogens with one attached hydrogen (secondary N) is 1. The maximum absolute atomic E-state index is 6.08. The third-order valence-corrected chi connectivity index (χ3v) is 4.47. The minimum atomic E-state index is 0.534. The smallest absolute Gasteiger partial charge is 0.244 e. The van der Waals surface area contributed by atoms with Crippen molar-refractivity contribution in [2.45, 2.75) is 18.9 Å². The van der Waals surface area contributed by atoms with Crippen LogP contribution in [-0.2, 0) is 0 Å². The lowest BCUT2D eigenvalue weighted by Crippen LogP contribution is -2.47. The predicted octanol–water partition coefficient (Wildman–Crippen LogP) is 2.43. The van der Waals surface area contributed by atoms with Gasteiger partial charge in [0.15, 0.2) is 5.82 Å². The summed E-state index contributed by atoms with van der Waals surface area (Å²) >= 11 is 6.08. The molecule has 23 heavy (non-hydrogen) atoms. The van der Waals surface area contributed by atoms with Crippen LogP contribution in [0.2, 0.25) is 5.02 Å². The monoisotopic (exact) mass is 330 g/mol. The average molecular weight is 331 g/mol. The van der Waals surface area contributed by atoms with Crippen molar-refractivity contribution in [3.63, 3.8) is 0 Å². The first kappa shape index (κ1) is 14.5. The Kier molecular flexibility index (Phi) is 3.91. The summed E-state index contributed by atoms with van der Waals surface area (Å²) in [5, 5.41) is 12.2. The van der Waals surface area contributed by atoms with Gasteiger partial charge in [-0.15, -0.1) is 5.10 Å². The van der Waals surface area contributed by atoms with Crippen molar-refractivity contribution in [2.75, 3.05) is 41.3 Å². The maximum atomic E-state index is 6.08. The van der Waals surface area contributed by atoms with Crippen molar-refractivity contribution in [1.82, 2.24) is 15.2 Å². The Labute approximate surface area is 140 Å². The second kappa shape index (κ2) is 6.20. The third-order valence-electron chi connectivity index (χ3n) is 4.23. The van der Waals surface area contributed by atoms with E-state index in [9.17, 15) is 0 Å². The van der Waals surface area contributed by atoms with E-state index in [1.54, 1.807) is 6.20 Å². The van der Waals surface area contributed by atoms with Gasteiger partial charge in [-0.2, -0.15) is 10.1 Å². The molecule has 7 heteroatoms. The lowest BCUT2D eigenvalue weighted by Gasteiger charge is -2.36. The van der Waals surface area contributed by atoms with Crippen molar-refractivity contribution in [3.05, 3.63) is 35.5 Å². The molecule has 1 N–H and O–H groups in total. The number of rotatable bonds is 4. The Bertz CT molecular complexity index is 682. The quantitative estimate of drug-likeness (QED) is 0.929. The fraction of sp³-hybridized carbons (Fsp3) is 0.438. The minimum absolute atomic E-state index is 0.534. The lowest BCUT2D eigenvalue weighted by molar-refractivity contribution is 0.644. The van der Waals surface area contributed by atoms with Gasteiger partial charge in [0.1, 0.15) is 0 Å². The van der Waals surface area contributed by atoms with Crippen LogP contribution in [0, 0.1) is 0 Å². The summed E-state index contributed by atoms with van der Waals surface area (Å²) in [5.74, 6) is 1.54. The molecule has 2 aliphatic rings. The Balaban J connectivity index is 1.41. The van der Waals surface area contributed by atoms with Gasteiger partial charge in [-0.05, 0) is 31.0 Å². The SMILES string of the molecule is Clc1cccc(N2CCN(c3cnnc(NC4CC4)n3)CC2)c1.